The molecule has 0 fully saturated rings. The van der Waals surface area contributed by atoms with Crippen molar-refractivity contribution in [3.05, 3.63) is 10.1 Å². The van der Waals surface area contributed by atoms with Crippen molar-refractivity contribution >= 4 is 23.8 Å². The zero-order valence-corrected chi connectivity index (χ0v) is 10.1. The number of hydrogen-bond acceptors (Lipinski definition) is 6. The molecule has 0 aliphatic heterocycles. The van der Waals surface area contributed by atoms with Gasteiger partial charge in [0, 0.05) is 6.42 Å². The summed E-state index contributed by atoms with van der Waals surface area (Å²) in [6, 6.07) is -0.334. The van der Waals surface area contributed by atoms with Crippen LogP contribution in [0.15, 0.2) is 0 Å². The Labute approximate surface area is 103 Å². The molecular formula is C8H14N2O6S. The number of thiol groups is 1. The predicted octanol–water partition coefficient (Wildman–Crippen LogP) is 0.546. The SMILES string of the molecule is C[C@@H](COC(=O)CCCO[N+](=O)[O-])NC(=O)S. The number of carbonyl (C=O) groups excluding carboxylic acids is 2. The number of esters is 1. The molecule has 0 aromatic heterocycles. The third-order valence-corrected chi connectivity index (χ3v) is 1.72. The molecule has 0 spiro atoms. The van der Waals surface area contributed by atoms with Crippen molar-refractivity contribution in [3.63, 3.8) is 0 Å². The Morgan fingerprint density at radius 1 is 1.53 bits per heavy atom. The molecule has 1 atom stereocenters. The molecule has 0 bridgehead atoms. The van der Waals surface area contributed by atoms with Crippen molar-refractivity contribution in [2.24, 2.45) is 0 Å². The van der Waals surface area contributed by atoms with E-state index in [-0.39, 0.29) is 32.1 Å². The highest BCUT2D eigenvalue weighted by Crippen LogP contribution is 1.96. The monoisotopic (exact) mass is 266 g/mol. The van der Waals surface area contributed by atoms with Gasteiger partial charge >= 0.3 is 5.97 Å². The van der Waals surface area contributed by atoms with Gasteiger partial charge in [-0.25, -0.2) is 0 Å². The lowest BCUT2D eigenvalue weighted by Gasteiger charge is -2.12. The third-order valence-electron chi connectivity index (χ3n) is 1.59. The summed E-state index contributed by atoms with van der Waals surface area (Å²) in [5, 5.41) is 10.8. The average Bonchev–Trinajstić information content (AvgIpc) is 2.20. The molecule has 1 amide bonds. The van der Waals surface area contributed by atoms with Crippen LogP contribution in [0.5, 0.6) is 0 Å². The molecule has 0 saturated carbocycles. The van der Waals surface area contributed by atoms with E-state index >= 15 is 0 Å². The fourth-order valence-electron chi connectivity index (χ4n) is 0.898. The molecule has 1 N–H and O–H groups in total. The van der Waals surface area contributed by atoms with Gasteiger partial charge in [0.15, 0.2) is 0 Å². The van der Waals surface area contributed by atoms with E-state index in [1.807, 2.05) is 0 Å². The summed E-state index contributed by atoms with van der Waals surface area (Å²) < 4.78 is 4.80. The first-order valence-corrected chi connectivity index (χ1v) is 5.29. The van der Waals surface area contributed by atoms with Crippen LogP contribution in [-0.2, 0) is 14.4 Å². The van der Waals surface area contributed by atoms with Gasteiger partial charge in [-0.05, 0) is 13.3 Å². The Bertz CT molecular complexity index is 285. The molecule has 8 nitrogen and oxygen atoms in total. The smallest absolute Gasteiger partial charge is 0.305 e. The largest absolute Gasteiger partial charge is 0.463 e. The van der Waals surface area contributed by atoms with Crippen molar-refractivity contribution < 1.29 is 24.3 Å². The Hall–Kier alpha value is -1.51. The summed E-state index contributed by atoms with van der Waals surface area (Å²) in [4.78, 5) is 35.4. The fourth-order valence-corrected chi connectivity index (χ4v) is 1.12. The lowest BCUT2D eigenvalue weighted by Crippen LogP contribution is -2.33. The lowest BCUT2D eigenvalue weighted by atomic mass is 10.3. The van der Waals surface area contributed by atoms with Gasteiger partial charge in [0.2, 0.25) is 0 Å². The standard InChI is InChI=1S/C8H14N2O6S/c1-6(9-8(12)17)5-15-7(11)3-2-4-16-10(13)14/h6H,2-5H2,1H3,(H2,9,12,17)/t6-/m0/s1. The molecule has 0 radical (unpaired) electrons. The molecule has 0 aromatic carbocycles. The zero-order chi connectivity index (χ0) is 13.3. The number of rotatable bonds is 8. The third kappa shape index (κ3) is 10.8. The van der Waals surface area contributed by atoms with Crippen molar-refractivity contribution in [2.45, 2.75) is 25.8 Å². The van der Waals surface area contributed by atoms with Crippen molar-refractivity contribution in [3.8, 4) is 0 Å². The van der Waals surface area contributed by atoms with Crippen LogP contribution in [0.25, 0.3) is 0 Å². The van der Waals surface area contributed by atoms with Crippen LogP contribution in [0.1, 0.15) is 19.8 Å². The Morgan fingerprint density at radius 2 is 2.18 bits per heavy atom. The molecule has 0 rings (SSSR count). The number of amides is 1. The predicted molar refractivity (Wildman–Crippen MR) is 60.1 cm³/mol. The maximum atomic E-state index is 11.1. The first kappa shape index (κ1) is 15.5. The van der Waals surface area contributed by atoms with Crippen LogP contribution in [0, 0.1) is 10.1 Å². The van der Waals surface area contributed by atoms with Gasteiger partial charge < -0.3 is 14.9 Å². The van der Waals surface area contributed by atoms with Crippen molar-refractivity contribution in [1.82, 2.24) is 5.32 Å². The van der Waals surface area contributed by atoms with E-state index in [1.54, 1.807) is 6.92 Å². The summed E-state index contributed by atoms with van der Waals surface area (Å²) in [7, 11) is 0. The van der Waals surface area contributed by atoms with Crippen molar-refractivity contribution in [2.75, 3.05) is 13.2 Å². The molecule has 0 aliphatic rings. The second-order valence-electron chi connectivity index (χ2n) is 3.19. The molecule has 0 unspecified atom stereocenters. The van der Waals surface area contributed by atoms with Crippen LogP contribution >= 0.6 is 12.6 Å². The second kappa shape index (κ2) is 8.62. The molecule has 0 heterocycles. The highest BCUT2D eigenvalue weighted by molar-refractivity contribution is 7.96. The number of hydrogen-bond donors (Lipinski definition) is 2. The van der Waals surface area contributed by atoms with Gasteiger partial charge in [-0.15, -0.1) is 10.1 Å². The summed E-state index contributed by atoms with van der Waals surface area (Å²) in [6.07, 6.45) is 0.225. The van der Waals surface area contributed by atoms with E-state index in [4.69, 9.17) is 4.74 Å². The summed E-state index contributed by atoms with van der Waals surface area (Å²) in [5.74, 6) is -0.503. The first-order valence-electron chi connectivity index (χ1n) is 4.84. The number of carbonyl (C=O) groups is 2. The summed E-state index contributed by atoms with van der Waals surface area (Å²) >= 11 is 3.50. The van der Waals surface area contributed by atoms with E-state index in [0.717, 1.165) is 0 Å². The zero-order valence-electron chi connectivity index (χ0n) is 9.25. The molecule has 0 aliphatic carbocycles. The van der Waals surface area contributed by atoms with Crippen LogP contribution in [0.3, 0.4) is 0 Å². The van der Waals surface area contributed by atoms with Gasteiger partial charge in [-0.1, -0.05) is 12.6 Å². The summed E-state index contributed by atoms with van der Waals surface area (Å²) in [6.45, 7) is 1.53. The topological polar surface area (TPSA) is 108 Å². The molecule has 98 valence electrons. The maximum absolute atomic E-state index is 11.1. The van der Waals surface area contributed by atoms with Gasteiger partial charge in [0.25, 0.3) is 10.3 Å². The van der Waals surface area contributed by atoms with E-state index in [9.17, 15) is 19.7 Å². The molecule has 17 heavy (non-hydrogen) atoms. The van der Waals surface area contributed by atoms with Gasteiger partial charge in [0.05, 0.1) is 12.6 Å². The number of nitrogens with zero attached hydrogens (tertiary/aromatic N) is 1. The van der Waals surface area contributed by atoms with Gasteiger partial charge in [-0.2, -0.15) is 0 Å². The van der Waals surface area contributed by atoms with E-state index in [2.05, 4.69) is 22.8 Å². The maximum Gasteiger partial charge on any atom is 0.305 e. The Kier molecular flexibility index (Phi) is 7.85. The Morgan fingerprint density at radius 3 is 2.71 bits per heavy atom. The van der Waals surface area contributed by atoms with Crippen LogP contribution < -0.4 is 5.32 Å². The average molecular weight is 266 g/mol. The van der Waals surface area contributed by atoms with Crippen molar-refractivity contribution in [1.29, 1.82) is 0 Å². The first-order chi connectivity index (χ1) is 7.91. The van der Waals surface area contributed by atoms with Gasteiger partial charge in [0.1, 0.15) is 6.61 Å². The highest BCUT2D eigenvalue weighted by Gasteiger charge is 2.08. The molecule has 0 aromatic rings. The minimum absolute atomic E-state index is 0.0232. The normalized spacial score (nSPS) is 11.4. The highest BCUT2D eigenvalue weighted by atomic mass is 32.1. The number of nitrogens with one attached hydrogen (secondary N) is 1. The molecular weight excluding hydrogens is 252 g/mol. The van der Waals surface area contributed by atoms with Crippen LogP contribution in [0.2, 0.25) is 0 Å². The number of ether oxygens (including phenoxy) is 1. The fraction of sp³-hybridized carbons (Fsp3) is 0.750. The van der Waals surface area contributed by atoms with E-state index in [0.29, 0.717) is 0 Å². The quantitative estimate of drug-likeness (QED) is 0.218. The van der Waals surface area contributed by atoms with Gasteiger partial charge in [-0.3, -0.25) is 9.59 Å². The van der Waals surface area contributed by atoms with Crippen LogP contribution in [0.4, 0.5) is 4.79 Å². The minimum atomic E-state index is -0.921. The lowest BCUT2D eigenvalue weighted by molar-refractivity contribution is -0.757. The molecule has 0 saturated heterocycles. The Balaban J connectivity index is 3.52. The van der Waals surface area contributed by atoms with E-state index < -0.39 is 16.3 Å². The summed E-state index contributed by atoms with van der Waals surface area (Å²) in [5.41, 5.74) is 0. The molecule has 9 heteroatoms. The van der Waals surface area contributed by atoms with Crippen LogP contribution in [-0.4, -0.2) is 35.6 Å². The minimum Gasteiger partial charge on any atom is -0.463 e. The second-order valence-corrected chi connectivity index (χ2v) is 3.60. The van der Waals surface area contributed by atoms with E-state index in [1.165, 1.54) is 0 Å².